The molecule has 0 aliphatic carbocycles. The van der Waals surface area contributed by atoms with Crippen LogP contribution in [0.3, 0.4) is 0 Å². The van der Waals surface area contributed by atoms with Gasteiger partial charge in [-0.2, -0.15) is 0 Å². The van der Waals surface area contributed by atoms with E-state index in [4.69, 9.17) is 9.84 Å². The Labute approximate surface area is 91.4 Å². The van der Waals surface area contributed by atoms with Gasteiger partial charge < -0.3 is 9.84 Å². The summed E-state index contributed by atoms with van der Waals surface area (Å²) in [6.07, 6.45) is 4.15. The van der Waals surface area contributed by atoms with Crippen molar-refractivity contribution in [1.29, 1.82) is 0 Å². The molecule has 2 heterocycles. The Hall–Kier alpha value is -2.01. The van der Waals surface area contributed by atoms with Crippen molar-refractivity contribution < 1.29 is 14.2 Å². The number of aliphatic hydroxyl groups excluding tert-OH is 1. The fraction of sp³-hybridized carbons (Fsp3) is 0.0909. The first kappa shape index (κ1) is 10.5. The fourth-order valence-corrected chi connectivity index (χ4v) is 1.19. The van der Waals surface area contributed by atoms with Crippen molar-refractivity contribution in [1.82, 2.24) is 9.97 Å². The average Bonchev–Trinajstić information content (AvgIpc) is 2.33. The Kier molecular flexibility index (Phi) is 3.07. The van der Waals surface area contributed by atoms with Crippen molar-refractivity contribution in [3.05, 3.63) is 48.2 Å². The largest absolute Gasteiger partial charge is 0.437 e. The van der Waals surface area contributed by atoms with Crippen molar-refractivity contribution in [2.75, 3.05) is 0 Å². The lowest BCUT2D eigenvalue weighted by molar-refractivity contribution is 0.274. The monoisotopic (exact) mass is 220 g/mol. The molecule has 1 N–H and O–H groups in total. The molecule has 0 amide bonds. The van der Waals surface area contributed by atoms with E-state index in [9.17, 15) is 4.39 Å². The van der Waals surface area contributed by atoms with E-state index >= 15 is 0 Å². The van der Waals surface area contributed by atoms with Gasteiger partial charge in [-0.05, 0) is 18.2 Å². The second-order valence-electron chi connectivity index (χ2n) is 3.07. The number of aliphatic hydroxyl groups is 1. The zero-order chi connectivity index (χ0) is 11.4. The molecule has 0 spiro atoms. The van der Waals surface area contributed by atoms with Crippen molar-refractivity contribution in [3.63, 3.8) is 0 Å². The second-order valence-corrected chi connectivity index (χ2v) is 3.07. The van der Waals surface area contributed by atoms with Crippen LogP contribution in [-0.4, -0.2) is 15.1 Å². The van der Waals surface area contributed by atoms with Crippen molar-refractivity contribution in [2.24, 2.45) is 0 Å². The minimum Gasteiger partial charge on any atom is -0.437 e. The SMILES string of the molecule is OCc1cc(F)cnc1Oc1cccnc1. The molecule has 0 bridgehead atoms. The van der Waals surface area contributed by atoms with Crippen LogP contribution in [0.15, 0.2) is 36.8 Å². The number of pyridine rings is 2. The molecule has 4 nitrogen and oxygen atoms in total. The minimum absolute atomic E-state index is 0.178. The lowest BCUT2D eigenvalue weighted by Gasteiger charge is -2.07. The standard InChI is InChI=1S/C11H9FN2O2/c12-9-4-8(7-15)11(14-5-9)16-10-2-1-3-13-6-10/h1-6,15H,7H2. The van der Waals surface area contributed by atoms with Gasteiger partial charge in [0.1, 0.15) is 11.6 Å². The number of hydrogen-bond donors (Lipinski definition) is 1. The van der Waals surface area contributed by atoms with E-state index in [-0.39, 0.29) is 12.5 Å². The van der Waals surface area contributed by atoms with E-state index in [1.54, 1.807) is 18.3 Å². The fourth-order valence-electron chi connectivity index (χ4n) is 1.19. The zero-order valence-corrected chi connectivity index (χ0v) is 8.30. The summed E-state index contributed by atoms with van der Waals surface area (Å²) in [4.78, 5) is 7.62. The maximum absolute atomic E-state index is 12.8. The second kappa shape index (κ2) is 4.67. The van der Waals surface area contributed by atoms with E-state index in [0.29, 0.717) is 11.3 Å². The molecule has 0 aromatic carbocycles. The highest BCUT2D eigenvalue weighted by atomic mass is 19.1. The molecule has 16 heavy (non-hydrogen) atoms. The summed E-state index contributed by atoms with van der Waals surface area (Å²) >= 11 is 0. The molecule has 0 radical (unpaired) electrons. The van der Waals surface area contributed by atoms with Gasteiger partial charge in [-0.3, -0.25) is 4.98 Å². The highest BCUT2D eigenvalue weighted by Crippen LogP contribution is 2.22. The predicted octanol–water partition coefficient (Wildman–Crippen LogP) is 1.90. The van der Waals surface area contributed by atoms with E-state index in [2.05, 4.69) is 9.97 Å². The molecule has 5 heteroatoms. The van der Waals surface area contributed by atoms with Gasteiger partial charge >= 0.3 is 0 Å². The third-order valence-electron chi connectivity index (χ3n) is 1.91. The molecule has 82 valence electrons. The first-order valence-electron chi connectivity index (χ1n) is 4.63. The Morgan fingerprint density at radius 2 is 2.25 bits per heavy atom. The molecule has 2 rings (SSSR count). The molecule has 0 saturated carbocycles. The Morgan fingerprint density at radius 1 is 1.38 bits per heavy atom. The van der Waals surface area contributed by atoms with E-state index < -0.39 is 5.82 Å². The predicted molar refractivity (Wildman–Crippen MR) is 54.4 cm³/mol. The number of hydrogen-bond acceptors (Lipinski definition) is 4. The molecule has 0 aliphatic heterocycles. The number of halogens is 1. The van der Waals surface area contributed by atoms with Crippen LogP contribution in [0.1, 0.15) is 5.56 Å². The van der Waals surface area contributed by atoms with Crippen LogP contribution in [-0.2, 0) is 6.61 Å². The molecule has 0 saturated heterocycles. The van der Waals surface area contributed by atoms with Crippen LogP contribution in [0, 0.1) is 5.82 Å². The number of aromatic nitrogens is 2. The van der Waals surface area contributed by atoms with Crippen molar-refractivity contribution >= 4 is 0 Å². The molecule has 0 aliphatic rings. The van der Waals surface area contributed by atoms with E-state index in [0.717, 1.165) is 6.20 Å². The molecular weight excluding hydrogens is 211 g/mol. The van der Waals surface area contributed by atoms with Gasteiger partial charge in [-0.25, -0.2) is 9.37 Å². The summed E-state index contributed by atoms with van der Waals surface area (Å²) < 4.78 is 18.2. The molecule has 0 fully saturated rings. The summed E-state index contributed by atoms with van der Waals surface area (Å²) in [5.41, 5.74) is 0.295. The minimum atomic E-state index is -0.511. The van der Waals surface area contributed by atoms with Gasteiger partial charge in [0.15, 0.2) is 0 Å². The first-order valence-corrected chi connectivity index (χ1v) is 4.63. The maximum Gasteiger partial charge on any atom is 0.225 e. The van der Waals surface area contributed by atoms with E-state index in [1.807, 2.05) is 0 Å². The zero-order valence-electron chi connectivity index (χ0n) is 8.30. The van der Waals surface area contributed by atoms with Gasteiger partial charge in [-0.1, -0.05) is 0 Å². The summed E-state index contributed by atoms with van der Waals surface area (Å²) in [7, 11) is 0. The molecule has 2 aromatic rings. The average molecular weight is 220 g/mol. The normalized spacial score (nSPS) is 10.1. The summed E-state index contributed by atoms with van der Waals surface area (Å²) in [5, 5.41) is 9.02. The Bertz CT molecular complexity index is 477. The van der Waals surface area contributed by atoms with Gasteiger partial charge in [-0.15, -0.1) is 0 Å². The Balaban J connectivity index is 2.28. The van der Waals surface area contributed by atoms with Crippen LogP contribution in [0.25, 0.3) is 0 Å². The van der Waals surface area contributed by atoms with Gasteiger partial charge in [0, 0.05) is 11.8 Å². The van der Waals surface area contributed by atoms with Gasteiger partial charge in [0.2, 0.25) is 5.88 Å². The smallest absolute Gasteiger partial charge is 0.225 e. The van der Waals surface area contributed by atoms with Crippen molar-refractivity contribution in [2.45, 2.75) is 6.61 Å². The molecule has 0 atom stereocenters. The molecule has 2 aromatic heterocycles. The van der Waals surface area contributed by atoms with Crippen LogP contribution in [0.4, 0.5) is 4.39 Å². The third kappa shape index (κ3) is 2.32. The van der Waals surface area contributed by atoms with Gasteiger partial charge in [0.05, 0.1) is 19.0 Å². The van der Waals surface area contributed by atoms with Crippen molar-refractivity contribution in [3.8, 4) is 11.6 Å². The number of ether oxygens (including phenoxy) is 1. The number of nitrogens with zero attached hydrogens (tertiary/aromatic N) is 2. The van der Waals surface area contributed by atoms with Crippen LogP contribution >= 0.6 is 0 Å². The quantitative estimate of drug-likeness (QED) is 0.858. The highest BCUT2D eigenvalue weighted by molar-refractivity contribution is 5.30. The lowest BCUT2D eigenvalue weighted by atomic mass is 10.3. The number of rotatable bonds is 3. The highest BCUT2D eigenvalue weighted by Gasteiger charge is 2.07. The van der Waals surface area contributed by atoms with Crippen LogP contribution in [0.2, 0.25) is 0 Å². The Morgan fingerprint density at radius 3 is 2.94 bits per heavy atom. The summed E-state index contributed by atoms with van der Waals surface area (Å²) in [5.74, 6) is 0.149. The first-order chi connectivity index (χ1) is 7.79. The van der Waals surface area contributed by atoms with Crippen LogP contribution < -0.4 is 4.74 Å². The summed E-state index contributed by atoms with van der Waals surface area (Å²) in [6.45, 7) is -0.333. The third-order valence-corrected chi connectivity index (χ3v) is 1.91. The lowest BCUT2D eigenvalue weighted by Crippen LogP contribution is -1.96. The van der Waals surface area contributed by atoms with Gasteiger partial charge in [0.25, 0.3) is 0 Å². The topological polar surface area (TPSA) is 55.2 Å². The molecular formula is C11H9FN2O2. The van der Waals surface area contributed by atoms with Crippen LogP contribution in [0.5, 0.6) is 11.6 Å². The maximum atomic E-state index is 12.8. The summed E-state index contributed by atoms with van der Waals surface area (Å²) in [6, 6.07) is 4.58. The van der Waals surface area contributed by atoms with E-state index in [1.165, 1.54) is 12.3 Å². The molecule has 0 unspecified atom stereocenters.